The molecule has 4 aromatic rings. The summed E-state index contributed by atoms with van der Waals surface area (Å²) in [7, 11) is 1.48. The van der Waals surface area contributed by atoms with E-state index >= 15 is 0 Å². The van der Waals surface area contributed by atoms with Gasteiger partial charge in [-0.2, -0.15) is 5.10 Å². The Morgan fingerprint density at radius 1 is 0.854 bits per heavy atom. The number of H-pyrrole nitrogens is 1. The Balaban J connectivity index is 0.000000226. The lowest BCUT2D eigenvalue weighted by atomic mass is 10.2. The van der Waals surface area contributed by atoms with Gasteiger partial charge in [-0.05, 0) is 39.8 Å². The van der Waals surface area contributed by atoms with E-state index in [9.17, 15) is 23.2 Å². The maximum atomic E-state index is 13.7. The van der Waals surface area contributed by atoms with E-state index in [2.05, 4.69) is 10.2 Å². The minimum absolute atomic E-state index is 0.0335. The van der Waals surface area contributed by atoms with Crippen LogP contribution >= 0.6 is 0 Å². The first kappa shape index (κ1) is 30.8. The van der Waals surface area contributed by atoms with Gasteiger partial charge in [0, 0.05) is 22.3 Å². The van der Waals surface area contributed by atoms with Gasteiger partial charge in [0.15, 0.2) is 5.69 Å². The summed E-state index contributed by atoms with van der Waals surface area (Å²) in [6.45, 7) is 7.35. The van der Waals surface area contributed by atoms with Gasteiger partial charge in [-0.3, -0.25) is 9.89 Å². The molecule has 0 atom stereocenters. The zero-order chi connectivity index (χ0) is 30.1. The van der Waals surface area contributed by atoms with E-state index in [1.165, 1.54) is 35.5 Å². The fourth-order valence-corrected chi connectivity index (χ4v) is 3.97. The molecule has 0 fully saturated rings. The number of methoxy groups -OCH3 is 1. The zero-order valence-corrected chi connectivity index (χ0v) is 23.5. The molecule has 0 aliphatic carbocycles. The quantitative estimate of drug-likeness (QED) is 0.296. The van der Waals surface area contributed by atoms with Crippen LogP contribution in [0, 0.1) is 25.5 Å². The average molecular weight is 571 g/mol. The number of esters is 2. The monoisotopic (exact) mass is 570 g/mol. The molecule has 1 N–H and O–H groups in total. The normalized spacial score (nSPS) is 10.5. The summed E-state index contributed by atoms with van der Waals surface area (Å²) in [4.78, 5) is 35.5. The Kier molecular flexibility index (Phi) is 10.6. The minimum atomic E-state index is -0.589. The van der Waals surface area contributed by atoms with Crippen molar-refractivity contribution in [1.29, 1.82) is 0 Å². The highest BCUT2D eigenvalue weighted by molar-refractivity contribution is 5.89. The molecule has 0 bridgehead atoms. The van der Waals surface area contributed by atoms with Crippen molar-refractivity contribution < 1.29 is 32.6 Å². The second kappa shape index (κ2) is 14.1. The number of nitrogens with zero attached hydrogens (tertiary/aromatic N) is 3. The molecule has 12 heteroatoms. The predicted molar refractivity (Wildman–Crippen MR) is 146 cm³/mol. The van der Waals surface area contributed by atoms with Crippen molar-refractivity contribution >= 4 is 11.9 Å². The lowest BCUT2D eigenvalue weighted by molar-refractivity contribution is 0.0508. The van der Waals surface area contributed by atoms with Crippen molar-refractivity contribution in [2.24, 2.45) is 0 Å². The summed E-state index contributed by atoms with van der Waals surface area (Å²) >= 11 is 0. The van der Waals surface area contributed by atoms with Gasteiger partial charge in [0.05, 0.1) is 33.4 Å². The molecule has 2 aromatic heterocycles. The van der Waals surface area contributed by atoms with Crippen LogP contribution in [0.5, 0.6) is 5.88 Å². The summed E-state index contributed by atoms with van der Waals surface area (Å²) in [5.41, 5.74) is 1.60. The molecule has 0 spiro atoms. The van der Waals surface area contributed by atoms with E-state index in [4.69, 9.17) is 14.2 Å². The molecule has 0 amide bonds. The average Bonchev–Trinajstić information content (AvgIpc) is 3.42. The van der Waals surface area contributed by atoms with Crippen LogP contribution in [0.15, 0.2) is 53.3 Å². The van der Waals surface area contributed by atoms with E-state index in [-0.39, 0.29) is 54.6 Å². The third-order valence-electron chi connectivity index (χ3n) is 6.02. The van der Waals surface area contributed by atoms with Crippen molar-refractivity contribution in [3.63, 3.8) is 0 Å². The van der Waals surface area contributed by atoms with Gasteiger partial charge in [-0.1, -0.05) is 36.4 Å². The van der Waals surface area contributed by atoms with Crippen LogP contribution in [-0.2, 0) is 22.6 Å². The Morgan fingerprint density at radius 3 is 1.93 bits per heavy atom. The van der Waals surface area contributed by atoms with Gasteiger partial charge in [-0.15, -0.1) is 0 Å². The first-order valence-corrected chi connectivity index (χ1v) is 12.8. The summed E-state index contributed by atoms with van der Waals surface area (Å²) in [5, 5.41) is 6.86. The van der Waals surface area contributed by atoms with Crippen LogP contribution in [-0.4, -0.2) is 51.8 Å². The van der Waals surface area contributed by atoms with Gasteiger partial charge in [0.25, 0.3) is 5.56 Å². The van der Waals surface area contributed by atoms with Crippen LogP contribution in [0.4, 0.5) is 8.78 Å². The van der Waals surface area contributed by atoms with Crippen molar-refractivity contribution in [1.82, 2.24) is 19.6 Å². The molecule has 0 saturated heterocycles. The topological polar surface area (TPSA) is 117 Å². The fourth-order valence-electron chi connectivity index (χ4n) is 3.97. The van der Waals surface area contributed by atoms with E-state index in [0.29, 0.717) is 22.6 Å². The second-order valence-corrected chi connectivity index (χ2v) is 8.77. The summed E-state index contributed by atoms with van der Waals surface area (Å²) in [6, 6.07) is 12.6. The molecule has 10 nitrogen and oxygen atoms in total. The lowest BCUT2D eigenvalue weighted by Crippen LogP contribution is -2.19. The number of carbonyl (C=O) groups excluding carboxylic acids is 2. The maximum absolute atomic E-state index is 13.7. The van der Waals surface area contributed by atoms with E-state index < -0.39 is 17.8 Å². The van der Waals surface area contributed by atoms with Crippen molar-refractivity contribution in [2.75, 3.05) is 20.3 Å². The van der Waals surface area contributed by atoms with Crippen LogP contribution in [0.2, 0.25) is 0 Å². The molecule has 0 aliphatic rings. The first-order chi connectivity index (χ1) is 19.6. The molecule has 0 radical (unpaired) electrons. The third-order valence-corrected chi connectivity index (χ3v) is 6.02. The third kappa shape index (κ3) is 7.27. The fraction of sp³-hybridized carbons (Fsp3) is 0.310. The molecular weight excluding hydrogens is 538 g/mol. The molecule has 41 heavy (non-hydrogen) atoms. The zero-order valence-electron chi connectivity index (χ0n) is 23.5. The minimum Gasteiger partial charge on any atom is -0.481 e. The smallest absolute Gasteiger partial charge is 0.359 e. The number of rotatable bonds is 9. The van der Waals surface area contributed by atoms with Crippen LogP contribution in [0.25, 0.3) is 0 Å². The molecule has 218 valence electrons. The van der Waals surface area contributed by atoms with Gasteiger partial charge in [0.1, 0.15) is 17.3 Å². The Labute approximate surface area is 235 Å². The van der Waals surface area contributed by atoms with Crippen LogP contribution < -0.4 is 10.3 Å². The standard InChI is InChI=1S/C15H17FN2O3.C14H15FN2O3/c1-4-21-15(19)13-10(2)14(20-3)18(17-13)9-11-7-5-6-8-12(11)16;1-3-20-14(19)12-9(2)13(18)17(16-12)8-10-6-4-5-7-11(10)15/h5-8H,4,9H2,1-3H3;4-7,16H,3,8H2,1-2H3. The van der Waals surface area contributed by atoms with Crippen LogP contribution in [0.3, 0.4) is 0 Å². The number of benzene rings is 2. The van der Waals surface area contributed by atoms with Gasteiger partial charge < -0.3 is 14.2 Å². The summed E-state index contributed by atoms with van der Waals surface area (Å²) < 4.78 is 45.0. The van der Waals surface area contributed by atoms with Crippen LogP contribution in [0.1, 0.15) is 57.1 Å². The Hall–Kier alpha value is -4.74. The van der Waals surface area contributed by atoms with E-state index in [1.807, 2.05) is 0 Å². The summed E-state index contributed by atoms with van der Waals surface area (Å²) in [6.07, 6.45) is 0. The largest absolute Gasteiger partial charge is 0.481 e. The SMILES string of the molecule is CCOC(=O)c1[nH]n(Cc2ccccc2F)c(=O)c1C.CCOC(=O)c1nn(Cc2ccccc2F)c(OC)c1C. The molecule has 2 aromatic carbocycles. The van der Waals surface area contributed by atoms with Gasteiger partial charge in [-0.25, -0.2) is 27.7 Å². The van der Waals surface area contributed by atoms with Crippen molar-refractivity contribution in [2.45, 2.75) is 40.8 Å². The number of hydrogen-bond donors (Lipinski definition) is 1. The highest BCUT2D eigenvalue weighted by atomic mass is 19.1. The van der Waals surface area contributed by atoms with Gasteiger partial charge in [0.2, 0.25) is 5.88 Å². The highest BCUT2D eigenvalue weighted by Crippen LogP contribution is 2.23. The number of ether oxygens (including phenoxy) is 3. The molecule has 2 heterocycles. The second-order valence-electron chi connectivity index (χ2n) is 8.77. The first-order valence-electron chi connectivity index (χ1n) is 12.8. The predicted octanol–water partition coefficient (Wildman–Crippen LogP) is 4.41. The van der Waals surface area contributed by atoms with E-state index in [0.717, 1.165) is 0 Å². The number of aromatic nitrogens is 4. The maximum Gasteiger partial charge on any atom is 0.359 e. The van der Waals surface area contributed by atoms with Crippen molar-refractivity contribution in [3.8, 4) is 5.88 Å². The number of nitrogens with one attached hydrogen (secondary N) is 1. The Morgan fingerprint density at radius 2 is 1.39 bits per heavy atom. The number of aromatic amines is 1. The number of carbonyl (C=O) groups is 2. The van der Waals surface area contributed by atoms with Gasteiger partial charge >= 0.3 is 11.9 Å². The summed E-state index contributed by atoms with van der Waals surface area (Å²) in [5.74, 6) is -1.41. The number of halogens is 2. The Bertz CT molecular complexity index is 1570. The molecular formula is C29H32F2N4O6. The van der Waals surface area contributed by atoms with E-state index in [1.54, 1.807) is 57.2 Å². The van der Waals surface area contributed by atoms with Crippen molar-refractivity contribution in [3.05, 3.63) is 104 Å². The highest BCUT2D eigenvalue weighted by Gasteiger charge is 2.22. The molecule has 0 aliphatic heterocycles. The molecule has 0 unspecified atom stereocenters. The number of hydrogen-bond acceptors (Lipinski definition) is 7. The molecule has 0 saturated carbocycles. The molecule has 4 rings (SSSR count). The lowest BCUT2D eigenvalue weighted by Gasteiger charge is -2.07.